The summed E-state index contributed by atoms with van der Waals surface area (Å²) in [5.74, 6) is -0.0789. The molecule has 0 fully saturated rings. The molecule has 2 N–H and O–H groups in total. The van der Waals surface area contributed by atoms with E-state index in [1.807, 2.05) is 0 Å². The Balaban J connectivity index is 1.86. The highest BCUT2D eigenvalue weighted by molar-refractivity contribution is 7.92. The smallest absolute Gasteiger partial charge is 0.271 e. The number of ether oxygens (including phenoxy) is 1. The zero-order valence-corrected chi connectivity index (χ0v) is 20.3. The van der Waals surface area contributed by atoms with Crippen molar-refractivity contribution in [3.63, 3.8) is 0 Å². The number of nitrogens with zero attached hydrogens (tertiary/aromatic N) is 3. The van der Waals surface area contributed by atoms with Crippen molar-refractivity contribution >= 4 is 56.0 Å². The summed E-state index contributed by atoms with van der Waals surface area (Å²) in [5.41, 5.74) is 1.65. The average molecular weight is 518 g/mol. The number of halogens is 1. The fourth-order valence-electron chi connectivity index (χ4n) is 2.96. The van der Waals surface area contributed by atoms with Gasteiger partial charge in [-0.1, -0.05) is 11.6 Å². The number of sulfonamides is 1. The number of benzene rings is 3. The first-order valence-electron chi connectivity index (χ1n) is 9.95. The van der Waals surface area contributed by atoms with Gasteiger partial charge in [0.2, 0.25) is 5.91 Å². The lowest BCUT2D eigenvalue weighted by Gasteiger charge is -2.14. The minimum Gasteiger partial charge on any atom is -0.494 e. The molecule has 0 saturated carbocycles. The van der Waals surface area contributed by atoms with E-state index in [1.54, 1.807) is 6.92 Å². The molecule has 0 bridgehead atoms. The van der Waals surface area contributed by atoms with Crippen molar-refractivity contribution in [3.8, 4) is 5.75 Å². The molecule has 13 heteroatoms. The van der Waals surface area contributed by atoms with Gasteiger partial charge in [0.25, 0.3) is 15.7 Å². The fraction of sp³-hybridized carbons (Fsp3) is 0.136. The number of rotatable bonds is 8. The third-order valence-corrected chi connectivity index (χ3v) is 6.34. The van der Waals surface area contributed by atoms with Crippen LogP contribution in [-0.4, -0.2) is 26.4 Å². The first-order valence-corrected chi connectivity index (χ1v) is 11.8. The van der Waals surface area contributed by atoms with Crippen LogP contribution < -0.4 is 14.8 Å². The summed E-state index contributed by atoms with van der Waals surface area (Å²) in [7, 11) is -2.59. The van der Waals surface area contributed by atoms with E-state index in [4.69, 9.17) is 16.3 Å². The van der Waals surface area contributed by atoms with Gasteiger partial charge in [0.1, 0.15) is 11.4 Å². The number of methoxy groups -OCH3 is 1. The first-order chi connectivity index (χ1) is 16.5. The number of nitro groups is 1. The highest BCUT2D eigenvalue weighted by atomic mass is 35.5. The maximum atomic E-state index is 12.9. The number of nitrogens with one attached hydrogen (secondary N) is 2. The molecule has 35 heavy (non-hydrogen) atoms. The quantitative estimate of drug-likeness (QED) is 0.221. The Morgan fingerprint density at radius 1 is 1.06 bits per heavy atom. The standard InChI is InChI=1S/C22H20ClN5O6S/c1-13-10-21(27-35(32,33)17-7-4-15(5-8-17)24-14(2)29)22(34-3)12-20(13)26-25-19-9-6-16(28(30)31)11-18(19)23/h4-12,27H,1-3H3,(H,24,29). The minimum absolute atomic E-state index is 0.0112. The van der Waals surface area contributed by atoms with Gasteiger partial charge in [-0.15, -0.1) is 5.11 Å². The Morgan fingerprint density at radius 2 is 1.71 bits per heavy atom. The van der Waals surface area contributed by atoms with Gasteiger partial charge in [-0.25, -0.2) is 8.42 Å². The van der Waals surface area contributed by atoms with E-state index in [0.717, 1.165) is 0 Å². The predicted octanol–water partition coefficient (Wildman–Crippen LogP) is 5.74. The summed E-state index contributed by atoms with van der Waals surface area (Å²) in [6.45, 7) is 3.05. The van der Waals surface area contributed by atoms with Crippen LogP contribution in [0.2, 0.25) is 5.02 Å². The molecule has 0 aliphatic heterocycles. The van der Waals surface area contributed by atoms with Gasteiger partial charge in [0, 0.05) is 30.8 Å². The first kappa shape index (κ1) is 25.6. The lowest BCUT2D eigenvalue weighted by atomic mass is 10.1. The number of aryl methyl sites for hydroxylation is 1. The van der Waals surface area contributed by atoms with Gasteiger partial charge in [-0.2, -0.15) is 5.11 Å². The Hall–Kier alpha value is -4.03. The predicted molar refractivity (Wildman–Crippen MR) is 132 cm³/mol. The molecule has 182 valence electrons. The molecule has 3 rings (SSSR count). The Labute approximate surface area is 206 Å². The van der Waals surface area contributed by atoms with E-state index in [2.05, 4.69) is 20.3 Å². The third kappa shape index (κ3) is 6.31. The molecule has 3 aromatic rings. The van der Waals surface area contributed by atoms with Crippen molar-refractivity contribution in [1.82, 2.24) is 0 Å². The number of amides is 1. The summed E-state index contributed by atoms with van der Waals surface area (Å²) < 4.78 is 33.5. The third-order valence-electron chi connectivity index (χ3n) is 4.65. The van der Waals surface area contributed by atoms with Crippen molar-refractivity contribution in [3.05, 3.63) is 75.3 Å². The second-order valence-electron chi connectivity index (χ2n) is 7.24. The number of hydrogen-bond donors (Lipinski definition) is 2. The summed E-state index contributed by atoms with van der Waals surface area (Å²) in [6.07, 6.45) is 0. The van der Waals surface area contributed by atoms with Gasteiger partial charge in [-0.3, -0.25) is 19.6 Å². The zero-order chi connectivity index (χ0) is 25.8. The topological polar surface area (TPSA) is 152 Å². The number of anilines is 2. The number of non-ortho nitro benzene ring substituents is 1. The number of nitro benzene ring substituents is 1. The van der Waals surface area contributed by atoms with Crippen molar-refractivity contribution in [1.29, 1.82) is 0 Å². The molecule has 0 spiro atoms. The highest BCUT2D eigenvalue weighted by Gasteiger charge is 2.18. The average Bonchev–Trinajstić information content (AvgIpc) is 2.79. The SMILES string of the molecule is COc1cc(N=Nc2ccc([N+](=O)[O-])cc2Cl)c(C)cc1NS(=O)(=O)c1ccc(NC(C)=O)cc1. The van der Waals surface area contributed by atoms with Gasteiger partial charge in [0.15, 0.2) is 0 Å². The van der Waals surface area contributed by atoms with Crippen LogP contribution in [0.25, 0.3) is 0 Å². The van der Waals surface area contributed by atoms with Gasteiger partial charge >= 0.3 is 0 Å². The van der Waals surface area contributed by atoms with Gasteiger partial charge < -0.3 is 10.1 Å². The fourth-order valence-corrected chi connectivity index (χ4v) is 4.23. The normalized spacial score (nSPS) is 11.3. The molecule has 0 aliphatic rings. The summed E-state index contributed by atoms with van der Waals surface area (Å²) in [4.78, 5) is 21.4. The zero-order valence-electron chi connectivity index (χ0n) is 18.8. The van der Waals surface area contributed by atoms with E-state index >= 15 is 0 Å². The largest absolute Gasteiger partial charge is 0.494 e. The Morgan fingerprint density at radius 3 is 2.29 bits per heavy atom. The monoisotopic (exact) mass is 517 g/mol. The molecule has 1 amide bonds. The maximum absolute atomic E-state index is 12.9. The molecule has 0 aliphatic carbocycles. The van der Waals surface area contributed by atoms with E-state index in [0.29, 0.717) is 16.9 Å². The lowest BCUT2D eigenvalue weighted by molar-refractivity contribution is -0.384. The molecule has 3 aromatic carbocycles. The second-order valence-corrected chi connectivity index (χ2v) is 9.33. The summed E-state index contributed by atoms with van der Waals surface area (Å²) in [6, 6.07) is 12.5. The molecule has 0 aromatic heterocycles. The van der Waals surface area contributed by atoms with Crippen LogP contribution >= 0.6 is 11.6 Å². The molecule has 0 saturated heterocycles. The summed E-state index contributed by atoms with van der Waals surface area (Å²) in [5, 5.41) is 21.6. The van der Waals surface area contributed by atoms with Gasteiger partial charge in [-0.05, 0) is 48.9 Å². The van der Waals surface area contributed by atoms with Crippen LogP contribution in [0.15, 0.2) is 69.7 Å². The van der Waals surface area contributed by atoms with E-state index in [1.165, 1.54) is 68.6 Å². The van der Waals surface area contributed by atoms with E-state index < -0.39 is 14.9 Å². The molecule has 0 atom stereocenters. The number of azo groups is 1. The minimum atomic E-state index is -3.96. The molecule has 0 unspecified atom stereocenters. The molecule has 0 heterocycles. The number of hydrogen-bond acceptors (Lipinski definition) is 8. The van der Waals surface area contributed by atoms with Crippen molar-refractivity contribution in [2.45, 2.75) is 18.7 Å². The van der Waals surface area contributed by atoms with Crippen molar-refractivity contribution in [2.75, 3.05) is 17.1 Å². The molecular weight excluding hydrogens is 498 g/mol. The van der Waals surface area contributed by atoms with Crippen LogP contribution in [0, 0.1) is 17.0 Å². The van der Waals surface area contributed by atoms with E-state index in [9.17, 15) is 23.3 Å². The molecule has 11 nitrogen and oxygen atoms in total. The Bertz CT molecular complexity index is 1420. The Kier molecular flexibility index (Phi) is 7.67. The number of carbonyl (C=O) groups is 1. The van der Waals surface area contributed by atoms with Crippen LogP contribution in [0.5, 0.6) is 5.75 Å². The molecule has 0 radical (unpaired) electrons. The van der Waals surface area contributed by atoms with Crippen LogP contribution in [0.4, 0.5) is 28.4 Å². The van der Waals surface area contributed by atoms with Gasteiger partial charge in [0.05, 0.1) is 33.3 Å². The van der Waals surface area contributed by atoms with Crippen molar-refractivity contribution in [2.24, 2.45) is 10.2 Å². The van der Waals surface area contributed by atoms with Crippen molar-refractivity contribution < 1.29 is 22.9 Å². The van der Waals surface area contributed by atoms with Crippen LogP contribution in [-0.2, 0) is 14.8 Å². The maximum Gasteiger partial charge on any atom is 0.271 e. The van der Waals surface area contributed by atoms with Crippen LogP contribution in [0.3, 0.4) is 0 Å². The summed E-state index contributed by atoms with van der Waals surface area (Å²) >= 11 is 6.05. The highest BCUT2D eigenvalue weighted by Crippen LogP contribution is 2.36. The van der Waals surface area contributed by atoms with Crippen LogP contribution in [0.1, 0.15) is 12.5 Å². The lowest BCUT2D eigenvalue weighted by Crippen LogP contribution is -2.14. The molecular formula is C22H20ClN5O6S. The number of carbonyl (C=O) groups excluding carboxylic acids is 1. The second kappa shape index (κ2) is 10.5. The van der Waals surface area contributed by atoms with E-state index in [-0.39, 0.29) is 38.6 Å².